The molecule has 0 bridgehead atoms. The van der Waals surface area contributed by atoms with E-state index in [1.54, 1.807) is 6.07 Å². The van der Waals surface area contributed by atoms with Crippen molar-refractivity contribution in [1.82, 2.24) is 5.32 Å². The molecule has 0 radical (unpaired) electrons. The number of hydrogen-bond donors (Lipinski definition) is 1. The van der Waals surface area contributed by atoms with Gasteiger partial charge in [-0.1, -0.05) is 39.2 Å². The first kappa shape index (κ1) is 16.8. The number of piperidine rings is 1. The van der Waals surface area contributed by atoms with Crippen molar-refractivity contribution in [1.29, 1.82) is 0 Å². The Bertz CT molecular complexity index is 500. The number of hydrogen-bond acceptors (Lipinski definition) is 2. The van der Waals surface area contributed by atoms with E-state index in [9.17, 15) is 4.39 Å². The number of halogens is 1. The zero-order valence-electron chi connectivity index (χ0n) is 14.7. The van der Waals surface area contributed by atoms with Gasteiger partial charge in [0.05, 0.1) is 5.69 Å². The van der Waals surface area contributed by atoms with Gasteiger partial charge in [0, 0.05) is 25.7 Å². The topological polar surface area (TPSA) is 15.3 Å². The predicted octanol–water partition coefficient (Wildman–Crippen LogP) is 4.73. The van der Waals surface area contributed by atoms with Crippen LogP contribution in [0.15, 0.2) is 18.2 Å². The molecule has 2 unspecified atom stereocenters. The molecule has 1 aromatic rings. The summed E-state index contributed by atoms with van der Waals surface area (Å²) in [6.07, 6.45) is 7.89. The van der Waals surface area contributed by atoms with Crippen LogP contribution in [0.4, 0.5) is 10.1 Å². The van der Waals surface area contributed by atoms with Gasteiger partial charge in [-0.05, 0) is 48.8 Å². The third kappa shape index (κ3) is 4.47. The summed E-state index contributed by atoms with van der Waals surface area (Å²) < 4.78 is 14.3. The lowest BCUT2D eigenvalue weighted by molar-refractivity contribution is 0.354. The van der Waals surface area contributed by atoms with E-state index in [2.05, 4.69) is 30.1 Å². The van der Waals surface area contributed by atoms with Crippen molar-refractivity contribution in [2.75, 3.05) is 18.0 Å². The van der Waals surface area contributed by atoms with Crippen LogP contribution in [-0.4, -0.2) is 19.1 Å². The zero-order valence-corrected chi connectivity index (χ0v) is 14.7. The lowest BCUT2D eigenvalue weighted by Crippen LogP contribution is -2.39. The van der Waals surface area contributed by atoms with E-state index in [1.807, 2.05) is 6.07 Å². The molecule has 2 nitrogen and oxygen atoms in total. The minimum atomic E-state index is -0.0762. The number of anilines is 1. The minimum absolute atomic E-state index is 0.0762. The second-order valence-corrected chi connectivity index (χ2v) is 7.85. The second kappa shape index (κ2) is 7.65. The fourth-order valence-corrected chi connectivity index (χ4v) is 4.34. The first-order valence-electron chi connectivity index (χ1n) is 9.38. The molecule has 0 amide bonds. The van der Waals surface area contributed by atoms with Gasteiger partial charge in [-0.25, -0.2) is 4.39 Å². The third-order valence-corrected chi connectivity index (χ3v) is 5.42. The van der Waals surface area contributed by atoms with Crippen molar-refractivity contribution in [2.24, 2.45) is 11.8 Å². The smallest absolute Gasteiger partial charge is 0.146 e. The molecule has 0 aromatic heterocycles. The molecule has 23 heavy (non-hydrogen) atoms. The Morgan fingerprint density at radius 2 is 1.78 bits per heavy atom. The van der Waals surface area contributed by atoms with Crippen LogP contribution in [0.1, 0.15) is 57.9 Å². The fourth-order valence-electron chi connectivity index (χ4n) is 4.34. The number of nitrogens with one attached hydrogen (secondary N) is 1. The van der Waals surface area contributed by atoms with Crippen LogP contribution in [0.3, 0.4) is 0 Å². The van der Waals surface area contributed by atoms with Gasteiger partial charge in [0.25, 0.3) is 0 Å². The van der Waals surface area contributed by atoms with Crippen molar-refractivity contribution in [3.05, 3.63) is 29.6 Å². The van der Waals surface area contributed by atoms with Gasteiger partial charge in [0.15, 0.2) is 0 Å². The van der Waals surface area contributed by atoms with Gasteiger partial charge < -0.3 is 10.2 Å². The SMILES string of the molecule is CC1CC(C)CN(c2cc(CNC3CCCCC3)ccc2F)C1. The van der Waals surface area contributed by atoms with Crippen molar-refractivity contribution < 1.29 is 4.39 Å². The van der Waals surface area contributed by atoms with E-state index in [4.69, 9.17) is 0 Å². The molecule has 128 valence electrons. The highest BCUT2D eigenvalue weighted by molar-refractivity contribution is 5.50. The molecule has 1 saturated heterocycles. The van der Waals surface area contributed by atoms with Crippen LogP contribution in [0.5, 0.6) is 0 Å². The van der Waals surface area contributed by atoms with Gasteiger partial charge >= 0.3 is 0 Å². The van der Waals surface area contributed by atoms with Crippen LogP contribution in [0.25, 0.3) is 0 Å². The minimum Gasteiger partial charge on any atom is -0.369 e. The molecule has 1 N–H and O–H groups in total. The van der Waals surface area contributed by atoms with E-state index >= 15 is 0 Å². The molecule has 1 aliphatic heterocycles. The van der Waals surface area contributed by atoms with E-state index in [-0.39, 0.29) is 5.82 Å². The Kier molecular flexibility index (Phi) is 5.58. The van der Waals surface area contributed by atoms with Crippen molar-refractivity contribution in [2.45, 2.75) is 65.0 Å². The number of nitrogens with zero attached hydrogens (tertiary/aromatic N) is 1. The lowest BCUT2D eigenvalue weighted by Gasteiger charge is -2.37. The Morgan fingerprint density at radius 1 is 1.09 bits per heavy atom. The first-order valence-corrected chi connectivity index (χ1v) is 9.38. The highest BCUT2D eigenvalue weighted by Gasteiger charge is 2.24. The third-order valence-electron chi connectivity index (χ3n) is 5.42. The summed E-state index contributed by atoms with van der Waals surface area (Å²) in [6.45, 7) is 7.35. The summed E-state index contributed by atoms with van der Waals surface area (Å²) in [5, 5.41) is 3.66. The molecule has 1 aliphatic carbocycles. The highest BCUT2D eigenvalue weighted by Crippen LogP contribution is 2.29. The molecule has 2 atom stereocenters. The Labute approximate surface area is 140 Å². The van der Waals surface area contributed by atoms with E-state index in [1.165, 1.54) is 44.1 Å². The van der Waals surface area contributed by atoms with Crippen LogP contribution in [-0.2, 0) is 6.54 Å². The average molecular weight is 318 g/mol. The summed E-state index contributed by atoms with van der Waals surface area (Å²) in [6, 6.07) is 6.30. The molecular weight excluding hydrogens is 287 g/mol. The summed E-state index contributed by atoms with van der Waals surface area (Å²) in [5.74, 6) is 1.21. The average Bonchev–Trinajstić information content (AvgIpc) is 2.54. The summed E-state index contributed by atoms with van der Waals surface area (Å²) >= 11 is 0. The fraction of sp³-hybridized carbons (Fsp3) is 0.700. The molecule has 2 fully saturated rings. The van der Waals surface area contributed by atoms with Gasteiger partial charge in [0.1, 0.15) is 5.82 Å². The molecule has 1 aromatic carbocycles. The largest absolute Gasteiger partial charge is 0.369 e. The van der Waals surface area contributed by atoms with Crippen LogP contribution < -0.4 is 10.2 Å². The van der Waals surface area contributed by atoms with Gasteiger partial charge in [0.2, 0.25) is 0 Å². The van der Waals surface area contributed by atoms with Crippen molar-refractivity contribution >= 4 is 5.69 Å². The van der Waals surface area contributed by atoms with Crippen LogP contribution in [0, 0.1) is 17.7 Å². The Hall–Kier alpha value is -1.09. The molecule has 3 heteroatoms. The monoisotopic (exact) mass is 318 g/mol. The quantitative estimate of drug-likeness (QED) is 0.863. The standard InChI is InChI=1S/C20H31FN2/c1-15-10-16(2)14-23(13-15)20-11-17(8-9-19(20)21)12-22-18-6-4-3-5-7-18/h8-9,11,15-16,18,22H,3-7,10,12-14H2,1-2H3. The van der Waals surface area contributed by atoms with Crippen molar-refractivity contribution in [3.63, 3.8) is 0 Å². The molecule has 2 aliphatic rings. The van der Waals surface area contributed by atoms with Crippen LogP contribution in [0.2, 0.25) is 0 Å². The maximum absolute atomic E-state index is 14.3. The van der Waals surface area contributed by atoms with Gasteiger partial charge in [-0.3, -0.25) is 0 Å². The van der Waals surface area contributed by atoms with Crippen molar-refractivity contribution in [3.8, 4) is 0 Å². The van der Waals surface area contributed by atoms with Gasteiger partial charge in [-0.2, -0.15) is 0 Å². The lowest BCUT2D eigenvalue weighted by atomic mass is 9.91. The highest BCUT2D eigenvalue weighted by atomic mass is 19.1. The molecule has 3 rings (SSSR count). The Morgan fingerprint density at radius 3 is 2.48 bits per heavy atom. The van der Waals surface area contributed by atoms with E-state index in [0.717, 1.165) is 25.3 Å². The Balaban J connectivity index is 1.66. The normalized spacial score (nSPS) is 26.5. The predicted molar refractivity (Wildman–Crippen MR) is 95.3 cm³/mol. The number of rotatable bonds is 4. The first-order chi connectivity index (χ1) is 11.1. The summed E-state index contributed by atoms with van der Waals surface area (Å²) in [4.78, 5) is 2.25. The zero-order chi connectivity index (χ0) is 16.2. The maximum Gasteiger partial charge on any atom is 0.146 e. The van der Waals surface area contributed by atoms with E-state index in [0.29, 0.717) is 17.9 Å². The summed E-state index contributed by atoms with van der Waals surface area (Å²) in [5.41, 5.74) is 2.00. The molecule has 1 saturated carbocycles. The van der Waals surface area contributed by atoms with E-state index < -0.39 is 0 Å². The molecule has 1 heterocycles. The number of benzene rings is 1. The van der Waals surface area contributed by atoms with Crippen LogP contribution >= 0.6 is 0 Å². The second-order valence-electron chi connectivity index (χ2n) is 7.85. The molecular formula is C20H31FN2. The maximum atomic E-state index is 14.3. The van der Waals surface area contributed by atoms with Gasteiger partial charge in [-0.15, -0.1) is 0 Å². The molecule has 0 spiro atoms. The summed E-state index contributed by atoms with van der Waals surface area (Å²) in [7, 11) is 0.